The summed E-state index contributed by atoms with van der Waals surface area (Å²) in [7, 11) is 0. The molecule has 0 aliphatic carbocycles. The Morgan fingerprint density at radius 3 is 0.500 bits per heavy atom. The van der Waals surface area contributed by atoms with Crippen LogP contribution in [0.1, 0.15) is 0 Å². The molecular weight excluding hydrogens is 1150 g/mol. The van der Waals surface area contributed by atoms with Crippen LogP contribution in [-0.4, -0.2) is 380 Å². The van der Waals surface area contributed by atoms with Crippen LogP contribution in [0.25, 0.3) is 0 Å². The smallest absolute Gasteiger partial charge is 0.187 e. The van der Waals surface area contributed by atoms with Crippen molar-refractivity contribution in [2.45, 2.75) is 246 Å². The van der Waals surface area contributed by atoms with E-state index in [1.807, 2.05) is 0 Å². The number of hydrogen-bond donors (Lipinski definition) is 16. The van der Waals surface area contributed by atoms with Gasteiger partial charge in [0.15, 0.2) is 50.3 Å². The van der Waals surface area contributed by atoms with Gasteiger partial charge in [-0.3, -0.25) is 0 Å². The second kappa shape index (κ2) is 24.6. The molecule has 16 N–H and O–H groups in total. The Kier molecular flexibility index (Phi) is 18.0. The van der Waals surface area contributed by atoms with Crippen molar-refractivity contribution < 1.29 is 176 Å². The summed E-state index contributed by atoms with van der Waals surface area (Å²) in [4.78, 5) is 0. The predicted molar refractivity (Wildman–Crippen MR) is 248 cm³/mol. The van der Waals surface area contributed by atoms with E-state index in [0.29, 0.717) is 0 Å². The molecule has 0 radical (unpaired) electrons. The van der Waals surface area contributed by atoms with E-state index in [0.717, 1.165) is 0 Å². The van der Waals surface area contributed by atoms with E-state index in [-0.39, 0.29) is 0 Å². The first kappa shape index (κ1) is 61.4. The minimum Gasteiger partial charge on any atom is -0.394 e. The van der Waals surface area contributed by atoms with Crippen LogP contribution < -0.4 is 0 Å². The van der Waals surface area contributed by atoms with E-state index in [1.165, 1.54) is 0 Å². The molecule has 36 nitrogen and oxygen atoms in total. The summed E-state index contributed by atoms with van der Waals surface area (Å²) in [6.45, 7) is -6.32. The van der Waals surface area contributed by atoms with E-state index < -0.39 is 299 Å². The topological polar surface area (TPSA) is 521 Å². The summed E-state index contributed by atoms with van der Waals surface area (Å²) in [5.74, 6) is 0. The van der Waals surface area contributed by atoms with Crippen molar-refractivity contribution in [3.63, 3.8) is 0 Å². The molecule has 16 bridgehead atoms. The minimum atomic E-state index is -2.14. The Hall–Kier alpha value is -1.44. The Morgan fingerprint density at radius 2 is 0.298 bits per heavy atom. The molecule has 25 rings (SSSR count). The number of aliphatic hydroxyl groups is 16. The van der Waals surface area contributed by atoms with Gasteiger partial charge in [-0.2, -0.15) is 0 Å². The SMILES string of the molecule is OC[C@H]1O[C@@H]2O[C@H]3[C@H](O)[C@@H](O)[C@@H](O[C@H]4[C@@H]5O[C@@H]5[C@@H](O[C@H]5[C@@H]6O[C@@H]6[C@@H](O[C@H]6[C@@H]7O[C@@H]7[C@@H](O[C@H]7[C@@H]8O[C@@H]8[C@@H](O[C@H]8[C@H](O)[C@@H](O)[C@@H](O[C@H]9[C@H](O)[C@@H](O)[C@@H](O[C@H]1[C@H](O)[C@H]2O)O[C@@H]9CO)O[C@@H]8CO)O[C@@H]7CO)O[C@@H]6CO)O[C@@H]5CO)O[C@@H]4CO)O[C@@H]3CO. The van der Waals surface area contributed by atoms with Gasteiger partial charge >= 0.3 is 0 Å². The Labute approximate surface area is 474 Å². The lowest BCUT2D eigenvalue weighted by Crippen LogP contribution is -2.68. The van der Waals surface area contributed by atoms with E-state index in [1.54, 1.807) is 0 Å². The largest absolute Gasteiger partial charge is 0.394 e. The van der Waals surface area contributed by atoms with E-state index >= 15 is 0 Å². The maximum absolute atomic E-state index is 11.5. The fourth-order valence-corrected chi connectivity index (χ4v) is 12.9. The Balaban J connectivity index is 0.735. The first-order chi connectivity index (χ1) is 40.5. The van der Waals surface area contributed by atoms with Crippen LogP contribution in [0, 0.1) is 0 Å². The molecular formula is C48H72O36. The van der Waals surface area contributed by atoms with Crippen molar-refractivity contribution in [2.75, 3.05) is 52.9 Å². The van der Waals surface area contributed by atoms with Crippen LogP contribution >= 0.6 is 0 Å². The van der Waals surface area contributed by atoms with Crippen molar-refractivity contribution in [1.29, 1.82) is 0 Å². The average molecular weight is 1230 g/mol. The summed E-state index contributed by atoms with van der Waals surface area (Å²) < 4.78 is 120. The highest BCUT2D eigenvalue weighted by molar-refractivity contribution is 5.10. The lowest BCUT2D eigenvalue weighted by molar-refractivity contribution is -0.392. The van der Waals surface area contributed by atoms with Crippen molar-refractivity contribution in [1.82, 2.24) is 0 Å². The maximum atomic E-state index is 11.5. The van der Waals surface area contributed by atoms with Gasteiger partial charge < -0.3 is 176 Å². The van der Waals surface area contributed by atoms with Crippen LogP contribution in [0.5, 0.6) is 0 Å². The number of rotatable bonds is 8. The Morgan fingerprint density at radius 1 is 0.143 bits per heavy atom. The third-order valence-electron chi connectivity index (χ3n) is 17.6. The van der Waals surface area contributed by atoms with Gasteiger partial charge in [-0.25, -0.2) is 0 Å². The zero-order valence-electron chi connectivity index (χ0n) is 44.1. The lowest BCUT2D eigenvalue weighted by Gasteiger charge is -2.49. The number of epoxide rings is 4. The molecule has 25 aliphatic heterocycles. The molecule has 25 saturated heterocycles. The first-order valence-corrected chi connectivity index (χ1v) is 28.0. The zero-order chi connectivity index (χ0) is 58.9. The summed E-state index contributed by atoms with van der Waals surface area (Å²) in [6, 6.07) is 0. The van der Waals surface area contributed by atoms with Crippen LogP contribution in [0.2, 0.25) is 0 Å². The standard InChI is InChI=1S/C48H72O36/c49-1-9-25-17(57)22(62)42(66-9)79-27-11(3-51)68-44(24(64)19(27)59)81-29-13(5-53)70-46(38-33(29)73-38)83-31-15(7-55)72-48(40-35(31)75-40)84-32-16(8-56)71-47(39-36(32)76-39)82-30-14(6-54)69-45(37-34(30)74-37)80-28-12(4-52)67-43(23(63)20(28)60)78-26-10(2-50)65-41(77-25)21(61)18(26)58/h9-64H,1-8H2/t9-,10-,11-,12-,13-,14-,15-,16-,17-,18-,19-,20-,21-,22-,23-,24-,25-,26-,27-,28-,29-,30-,31-,32-,33+,34+,35+,36+,37+,38+,39+,40+,41-,42-,43-,44-,45-,46-,47-,48-/m1/s1. The molecule has 36 heteroatoms. The molecule has 0 spiro atoms. The van der Waals surface area contributed by atoms with Gasteiger partial charge in [0.1, 0.15) is 195 Å². The highest BCUT2D eigenvalue weighted by Gasteiger charge is 2.69. The molecule has 25 aliphatic rings. The molecule has 0 aromatic heterocycles. The zero-order valence-corrected chi connectivity index (χ0v) is 44.1. The van der Waals surface area contributed by atoms with Crippen molar-refractivity contribution in [3.8, 4) is 0 Å². The van der Waals surface area contributed by atoms with Gasteiger partial charge in [0, 0.05) is 0 Å². The predicted octanol–water partition coefficient (Wildman–Crippen LogP) is -13.2. The van der Waals surface area contributed by atoms with Gasteiger partial charge in [0.2, 0.25) is 0 Å². The van der Waals surface area contributed by atoms with Crippen LogP contribution in [0.4, 0.5) is 0 Å². The van der Waals surface area contributed by atoms with E-state index in [2.05, 4.69) is 0 Å². The quantitative estimate of drug-likeness (QED) is 0.100. The third-order valence-corrected chi connectivity index (χ3v) is 17.6. The highest BCUT2D eigenvalue weighted by Crippen LogP contribution is 2.49. The first-order valence-electron chi connectivity index (χ1n) is 28.0. The van der Waals surface area contributed by atoms with Gasteiger partial charge in [-0.1, -0.05) is 0 Å². The van der Waals surface area contributed by atoms with Gasteiger partial charge in [0.05, 0.1) is 52.9 Å². The number of aliphatic hydroxyl groups excluding tert-OH is 16. The van der Waals surface area contributed by atoms with E-state index in [9.17, 15) is 81.7 Å². The molecule has 25 heterocycles. The lowest BCUT2D eigenvalue weighted by atomic mass is 9.95. The van der Waals surface area contributed by atoms with Gasteiger partial charge in [0.25, 0.3) is 0 Å². The Bertz CT molecular complexity index is 2210. The van der Waals surface area contributed by atoms with Crippen molar-refractivity contribution in [3.05, 3.63) is 0 Å². The van der Waals surface area contributed by atoms with Crippen molar-refractivity contribution in [2.24, 2.45) is 0 Å². The summed E-state index contributed by atoms with van der Waals surface area (Å²) in [5.41, 5.74) is 0. The molecule has 25 fully saturated rings. The molecule has 40 atom stereocenters. The molecule has 480 valence electrons. The summed E-state index contributed by atoms with van der Waals surface area (Å²) >= 11 is 0. The van der Waals surface area contributed by atoms with E-state index in [4.69, 9.17) is 94.7 Å². The third kappa shape index (κ3) is 11.1. The van der Waals surface area contributed by atoms with Crippen molar-refractivity contribution >= 4 is 0 Å². The van der Waals surface area contributed by atoms with Crippen LogP contribution in [0.3, 0.4) is 0 Å². The molecule has 0 saturated carbocycles. The average Bonchev–Trinajstić information content (AvgIpc) is 1.85. The van der Waals surface area contributed by atoms with Gasteiger partial charge in [-0.15, -0.1) is 0 Å². The number of ether oxygens (including phenoxy) is 20. The second-order valence-electron chi connectivity index (χ2n) is 22.8. The minimum absolute atomic E-state index is 0.595. The fraction of sp³-hybridized carbons (Fsp3) is 1.00. The molecule has 0 aromatic rings. The number of hydrogen-bond acceptors (Lipinski definition) is 36. The van der Waals surface area contributed by atoms with Crippen LogP contribution in [-0.2, 0) is 94.7 Å². The summed E-state index contributed by atoms with van der Waals surface area (Å²) in [6.07, 6.45) is -57.5. The fourth-order valence-electron chi connectivity index (χ4n) is 12.9. The maximum Gasteiger partial charge on any atom is 0.187 e. The second-order valence-corrected chi connectivity index (χ2v) is 22.8. The highest BCUT2D eigenvalue weighted by atomic mass is 16.8. The molecule has 0 amide bonds. The summed E-state index contributed by atoms with van der Waals surface area (Å²) in [5, 5.41) is 175. The molecule has 84 heavy (non-hydrogen) atoms. The monoisotopic (exact) mass is 1220 g/mol. The van der Waals surface area contributed by atoms with Gasteiger partial charge in [-0.05, 0) is 0 Å². The normalized spacial score (nSPS) is 58.9. The molecule has 0 unspecified atom stereocenters. The molecule has 0 aromatic carbocycles. The van der Waals surface area contributed by atoms with Crippen LogP contribution in [0.15, 0.2) is 0 Å².